The molecule has 1 heterocycles. The van der Waals surface area contributed by atoms with Gasteiger partial charge in [-0.2, -0.15) is 0 Å². The van der Waals surface area contributed by atoms with E-state index < -0.39 is 6.10 Å². The Balaban J connectivity index is 1.48. The summed E-state index contributed by atoms with van der Waals surface area (Å²) in [6.45, 7) is 9.00. The summed E-state index contributed by atoms with van der Waals surface area (Å²) in [5.41, 5.74) is 2.31. The SMILES string of the molecule is CCN(CC(O)COc1cc(C)cc(C)c1)CC1COc2ccccc2O1. The average Bonchev–Trinajstić information content (AvgIpc) is 2.65. The normalized spacial score (nSPS) is 17.0. The van der Waals surface area contributed by atoms with Crippen molar-refractivity contribution in [1.29, 1.82) is 0 Å². The minimum Gasteiger partial charge on any atom is -0.491 e. The molecule has 27 heavy (non-hydrogen) atoms. The van der Waals surface area contributed by atoms with Crippen molar-refractivity contribution in [1.82, 2.24) is 4.90 Å². The van der Waals surface area contributed by atoms with Crippen molar-refractivity contribution < 1.29 is 19.3 Å². The maximum atomic E-state index is 10.4. The predicted molar refractivity (Wildman–Crippen MR) is 106 cm³/mol. The molecule has 2 aromatic carbocycles. The zero-order chi connectivity index (χ0) is 19.2. The number of aliphatic hydroxyl groups is 1. The number of benzene rings is 2. The summed E-state index contributed by atoms with van der Waals surface area (Å²) in [5.74, 6) is 2.37. The van der Waals surface area contributed by atoms with E-state index in [1.165, 1.54) is 0 Å². The van der Waals surface area contributed by atoms with Gasteiger partial charge in [-0.25, -0.2) is 0 Å². The van der Waals surface area contributed by atoms with Crippen LogP contribution in [-0.4, -0.2) is 55.1 Å². The summed E-state index contributed by atoms with van der Waals surface area (Å²) < 4.78 is 17.6. The molecule has 0 aliphatic carbocycles. The van der Waals surface area contributed by atoms with Crippen LogP contribution in [0, 0.1) is 13.8 Å². The molecule has 146 valence electrons. The van der Waals surface area contributed by atoms with Crippen LogP contribution in [0.15, 0.2) is 42.5 Å². The molecule has 3 rings (SSSR count). The lowest BCUT2D eigenvalue weighted by atomic mass is 10.1. The maximum Gasteiger partial charge on any atom is 0.161 e. The van der Waals surface area contributed by atoms with E-state index in [9.17, 15) is 5.11 Å². The lowest BCUT2D eigenvalue weighted by molar-refractivity contribution is 0.0300. The van der Waals surface area contributed by atoms with Crippen molar-refractivity contribution in [2.75, 3.05) is 32.8 Å². The fraction of sp³-hybridized carbons (Fsp3) is 0.455. The molecule has 0 saturated carbocycles. The number of ether oxygens (including phenoxy) is 3. The van der Waals surface area contributed by atoms with Crippen molar-refractivity contribution in [2.24, 2.45) is 0 Å². The van der Waals surface area contributed by atoms with Gasteiger partial charge in [0.2, 0.25) is 0 Å². The topological polar surface area (TPSA) is 51.2 Å². The molecule has 0 bridgehead atoms. The van der Waals surface area contributed by atoms with Crippen LogP contribution < -0.4 is 14.2 Å². The molecule has 5 nitrogen and oxygen atoms in total. The Morgan fingerprint density at radius 1 is 1.15 bits per heavy atom. The molecule has 0 saturated heterocycles. The highest BCUT2D eigenvalue weighted by molar-refractivity contribution is 5.40. The standard InChI is InChI=1S/C22H29NO4/c1-4-23(13-20-15-26-21-7-5-6-8-22(21)27-20)12-18(24)14-25-19-10-16(2)9-17(3)11-19/h5-11,18,20,24H,4,12-15H2,1-3H3. The Morgan fingerprint density at radius 3 is 2.56 bits per heavy atom. The molecule has 2 atom stereocenters. The van der Waals surface area contributed by atoms with Crippen molar-refractivity contribution in [3.05, 3.63) is 53.6 Å². The van der Waals surface area contributed by atoms with Gasteiger partial charge < -0.3 is 19.3 Å². The van der Waals surface area contributed by atoms with Crippen LogP contribution in [0.3, 0.4) is 0 Å². The largest absolute Gasteiger partial charge is 0.491 e. The number of hydrogen-bond acceptors (Lipinski definition) is 5. The van der Waals surface area contributed by atoms with Gasteiger partial charge in [0.25, 0.3) is 0 Å². The summed E-state index contributed by atoms with van der Waals surface area (Å²) >= 11 is 0. The van der Waals surface area contributed by atoms with Crippen LogP contribution in [0.1, 0.15) is 18.1 Å². The zero-order valence-electron chi connectivity index (χ0n) is 16.4. The second-order valence-corrected chi connectivity index (χ2v) is 7.14. The Morgan fingerprint density at radius 2 is 1.85 bits per heavy atom. The van der Waals surface area contributed by atoms with Gasteiger partial charge in [-0.1, -0.05) is 25.1 Å². The van der Waals surface area contributed by atoms with Gasteiger partial charge in [-0.15, -0.1) is 0 Å². The van der Waals surface area contributed by atoms with Gasteiger partial charge >= 0.3 is 0 Å². The predicted octanol–water partition coefficient (Wildman–Crippen LogP) is 3.21. The number of nitrogens with zero attached hydrogens (tertiary/aromatic N) is 1. The van der Waals surface area contributed by atoms with Crippen molar-refractivity contribution in [3.8, 4) is 17.2 Å². The van der Waals surface area contributed by atoms with Gasteiger partial charge in [-0.3, -0.25) is 4.90 Å². The molecule has 1 aliphatic heterocycles. The molecule has 1 N–H and O–H groups in total. The molecule has 2 aromatic rings. The summed E-state index contributed by atoms with van der Waals surface area (Å²) in [5, 5.41) is 10.4. The van der Waals surface area contributed by atoms with Gasteiger partial charge in [0.1, 0.15) is 31.2 Å². The molecule has 0 radical (unpaired) electrons. The highest BCUT2D eigenvalue weighted by Crippen LogP contribution is 2.31. The molecule has 2 unspecified atom stereocenters. The third kappa shape index (κ3) is 5.62. The molecular weight excluding hydrogens is 342 g/mol. The molecule has 5 heteroatoms. The summed E-state index contributed by atoms with van der Waals surface area (Å²) in [6, 6.07) is 13.8. The fourth-order valence-corrected chi connectivity index (χ4v) is 3.33. The minimum absolute atomic E-state index is 0.0487. The highest BCUT2D eigenvalue weighted by atomic mass is 16.6. The van der Waals surface area contributed by atoms with Gasteiger partial charge in [-0.05, 0) is 55.8 Å². The van der Waals surface area contributed by atoms with Gasteiger partial charge in [0.15, 0.2) is 11.5 Å². The number of fused-ring (bicyclic) bond motifs is 1. The Bertz CT molecular complexity index is 729. The van der Waals surface area contributed by atoms with E-state index in [2.05, 4.69) is 17.9 Å². The van der Waals surface area contributed by atoms with Crippen LogP contribution >= 0.6 is 0 Å². The van der Waals surface area contributed by atoms with Gasteiger partial charge in [0.05, 0.1) is 0 Å². The van der Waals surface area contributed by atoms with Crippen LogP contribution in [0.2, 0.25) is 0 Å². The van der Waals surface area contributed by atoms with E-state index in [-0.39, 0.29) is 12.7 Å². The van der Waals surface area contributed by atoms with E-state index >= 15 is 0 Å². The van der Waals surface area contributed by atoms with E-state index in [1.54, 1.807) is 0 Å². The molecule has 0 spiro atoms. The Labute approximate surface area is 161 Å². The summed E-state index contributed by atoms with van der Waals surface area (Å²) in [7, 11) is 0. The molecule has 0 fully saturated rings. The number of aliphatic hydroxyl groups excluding tert-OH is 1. The monoisotopic (exact) mass is 371 g/mol. The zero-order valence-corrected chi connectivity index (χ0v) is 16.4. The van der Waals surface area contributed by atoms with Gasteiger partial charge in [0, 0.05) is 13.1 Å². The Kier molecular flexibility index (Phi) is 6.58. The lowest BCUT2D eigenvalue weighted by Crippen LogP contribution is -2.44. The van der Waals surface area contributed by atoms with E-state index in [1.807, 2.05) is 50.2 Å². The number of para-hydroxylation sites is 2. The fourth-order valence-electron chi connectivity index (χ4n) is 3.33. The number of rotatable bonds is 8. The third-order valence-corrected chi connectivity index (χ3v) is 4.58. The van der Waals surface area contributed by atoms with Crippen molar-refractivity contribution in [2.45, 2.75) is 33.0 Å². The number of likely N-dealkylation sites (N-methyl/N-ethyl adjacent to an activating group) is 1. The molecule has 0 aromatic heterocycles. The van der Waals surface area contributed by atoms with Crippen LogP contribution in [0.4, 0.5) is 0 Å². The van der Waals surface area contributed by atoms with Crippen molar-refractivity contribution >= 4 is 0 Å². The maximum absolute atomic E-state index is 10.4. The molecule has 0 amide bonds. The quantitative estimate of drug-likeness (QED) is 0.772. The second kappa shape index (κ2) is 9.11. The Hall–Kier alpha value is -2.24. The average molecular weight is 371 g/mol. The summed E-state index contributed by atoms with van der Waals surface area (Å²) in [4.78, 5) is 2.16. The van der Waals surface area contributed by atoms with E-state index in [0.29, 0.717) is 19.7 Å². The minimum atomic E-state index is -0.567. The first-order valence-electron chi connectivity index (χ1n) is 9.53. The third-order valence-electron chi connectivity index (χ3n) is 4.58. The van der Waals surface area contributed by atoms with Crippen LogP contribution in [-0.2, 0) is 0 Å². The molecule has 1 aliphatic rings. The van der Waals surface area contributed by atoms with E-state index in [4.69, 9.17) is 14.2 Å². The van der Waals surface area contributed by atoms with E-state index in [0.717, 1.165) is 34.9 Å². The first-order valence-corrected chi connectivity index (χ1v) is 9.53. The van der Waals surface area contributed by atoms with Crippen LogP contribution in [0.25, 0.3) is 0 Å². The molecular formula is C22H29NO4. The number of aryl methyl sites for hydroxylation is 2. The highest BCUT2D eigenvalue weighted by Gasteiger charge is 2.23. The smallest absolute Gasteiger partial charge is 0.161 e. The lowest BCUT2D eigenvalue weighted by Gasteiger charge is -2.31. The summed E-state index contributed by atoms with van der Waals surface area (Å²) in [6.07, 6.45) is -0.616. The second-order valence-electron chi connectivity index (χ2n) is 7.14. The first kappa shape index (κ1) is 19.5. The van der Waals surface area contributed by atoms with Crippen LogP contribution in [0.5, 0.6) is 17.2 Å². The first-order chi connectivity index (χ1) is 13.0. The number of hydrogen-bond donors (Lipinski definition) is 1. The van der Waals surface area contributed by atoms with Crippen molar-refractivity contribution in [3.63, 3.8) is 0 Å².